The molecule has 0 spiro atoms. The van der Waals surface area contributed by atoms with Gasteiger partial charge in [-0.15, -0.1) is 0 Å². The molecule has 2 heterocycles. The number of likely N-dealkylation sites (tertiary alicyclic amines) is 1. The molecule has 0 radical (unpaired) electrons. The number of amides is 1. The second kappa shape index (κ2) is 10.4. The fraction of sp³-hybridized carbons (Fsp3) is 0.357. The number of ether oxygens (including phenoxy) is 3. The van der Waals surface area contributed by atoms with Gasteiger partial charge in [0, 0.05) is 31.3 Å². The van der Waals surface area contributed by atoms with Crippen molar-refractivity contribution < 1.29 is 24.1 Å². The van der Waals surface area contributed by atoms with E-state index in [-0.39, 0.29) is 25.0 Å². The quantitative estimate of drug-likeness (QED) is 0.475. The first-order valence-corrected chi connectivity index (χ1v) is 12.0. The number of carbonyl (C=O) groups is 1. The van der Waals surface area contributed by atoms with Crippen LogP contribution < -0.4 is 14.2 Å². The number of hydrogen-bond donors (Lipinski definition) is 1. The molecule has 1 amide bonds. The van der Waals surface area contributed by atoms with Crippen molar-refractivity contribution in [3.05, 3.63) is 83.2 Å². The molecule has 1 aliphatic carbocycles. The van der Waals surface area contributed by atoms with Crippen molar-refractivity contribution in [2.24, 2.45) is 0 Å². The largest absolute Gasteiger partial charge is 0.493 e. The zero-order valence-electron chi connectivity index (χ0n) is 19.9. The second-order valence-corrected chi connectivity index (χ2v) is 9.07. The van der Waals surface area contributed by atoms with E-state index in [2.05, 4.69) is 29.2 Å². The lowest BCUT2D eigenvalue weighted by molar-refractivity contribution is 0.0595. The van der Waals surface area contributed by atoms with Crippen LogP contribution in [0.25, 0.3) is 0 Å². The summed E-state index contributed by atoms with van der Waals surface area (Å²) in [4.78, 5) is 18.7. The smallest absolute Gasteiger partial charge is 0.272 e. The Kier molecular flexibility index (Phi) is 6.86. The highest BCUT2D eigenvalue weighted by atomic mass is 16.5. The fourth-order valence-electron chi connectivity index (χ4n) is 4.32. The van der Waals surface area contributed by atoms with Crippen LogP contribution in [-0.2, 0) is 6.61 Å². The summed E-state index contributed by atoms with van der Waals surface area (Å²) in [6.07, 6.45) is 4.15. The van der Waals surface area contributed by atoms with Crippen molar-refractivity contribution in [2.75, 3.05) is 33.4 Å². The Morgan fingerprint density at radius 2 is 1.74 bits per heavy atom. The average Bonchev–Trinajstić information content (AvgIpc) is 3.72. The highest BCUT2D eigenvalue weighted by Gasteiger charge is 2.33. The van der Waals surface area contributed by atoms with Gasteiger partial charge in [-0.1, -0.05) is 30.3 Å². The first-order chi connectivity index (χ1) is 17.1. The lowest BCUT2D eigenvalue weighted by Gasteiger charge is -2.39. The number of aliphatic hydroxyl groups excluding tert-OH is 1. The predicted molar refractivity (Wildman–Crippen MR) is 131 cm³/mol. The van der Waals surface area contributed by atoms with Gasteiger partial charge in [0.25, 0.3) is 5.91 Å². The molecule has 0 unspecified atom stereocenters. The number of aromatic nitrogens is 1. The summed E-state index contributed by atoms with van der Waals surface area (Å²) in [7, 11) is 1.64. The Bertz CT molecular complexity index is 1170. The zero-order chi connectivity index (χ0) is 24.2. The van der Waals surface area contributed by atoms with E-state index >= 15 is 0 Å². The van der Waals surface area contributed by atoms with E-state index in [0.717, 1.165) is 17.0 Å². The van der Waals surface area contributed by atoms with Crippen molar-refractivity contribution in [2.45, 2.75) is 31.3 Å². The molecule has 1 aliphatic heterocycles. The minimum atomic E-state index is -0.129. The summed E-state index contributed by atoms with van der Waals surface area (Å²) in [5.41, 5.74) is 4.00. The molecule has 182 valence electrons. The first kappa shape index (κ1) is 23.2. The van der Waals surface area contributed by atoms with Gasteiger partial charge in [-0.05, 0) is 53.6 Å². The van der Waals surface area contributed by atoms with Crippen LogP contribution in [0.3, 0.4) is 0 Å². The fourth-order valence-corrected chi connectivity index (χ4v) is 4.32. The summed E-state index contributed by atoms with van der Waals surface area (Å²) in [5.74, 6) is 2.77. The van der Waals surface area contributed by atoms with Crippen LogP contribution in [0.5, 0.6) is 17.2 Å². The van der Waals surface area contributed by atoms with Gasteiger partial charge in [0.15, 0.2) is 11.5 Å². The minimum absolute atomic E-state index is 0.0832. The van der Waals surface area contributed by atoms with E-state index in [1.54, 1.807) is 30.3 Å². The lowest BCUT2D eigenvalue weighted by atomic mass is 9.91. The molecule has 5 rings (SSSR count). The van der Waals surface area contributed by atoms with Crippen LogP contribution in [0.15, 0.2) is 60.8 Å². The van der Waals surface area contributed by atoms with Crippen LogP contribution in [0, 0.1) is 0 Å². The standard InChI is InChI=1S/C28H30N2O5/c1-33-27-14-22(8-9-26(27)35-18-19-2-4-20(5-3-19)21-6-7-21)23-16-30(17-23)28(32)25-15-24(10-11-29-25)34-13-12-31/h2-5,8-11,14-15,21,23,31H,6-7,12-13,16-18H2,1H3. The molecule has 0 bridgehead atoms. The molecular weight excluding hydrogens is 444 g/mol. The van der Waals surface area contributed by atoms with E-state index in [4.69, 9.17) is 19.3 Å². The highest BCUT2D eigenvalue weighted by Crippen LogP contribution is 2.40. The van der Waals surface area contributed by atoms with Gasteiger partial charge in [-0.3, -0.25) is 9.78 Å². The maximum Gasteiger partial charge on any atom is 0.272 e. The number of nitrogens with zero attached hydrogens (tertiary/aromatic N) is 2. The molecule has 3 aromatic rings. The lowest BCUT2D eigenvalue weighted by Crippen LogP contribution is -2.48. The molecular formula is C28H30N2O5. The van der Waals surface area contributed by atoms with Gasteiger partial charge >= 0.3 is 0 Å². The summed E-state index contributed by atoms with van der Waals surface area (Å²) in [6, 6.07) is 17.9. The number of pyridine rings is 1. The molecule has 2 fully saturated rings. The van der Waals surface area contributed by atoms with Crippen molar-refractivity contribution in [1.29, 1.82) is 0 Å². The number of benzene rings is 2. The zero-order valence-corrected chi connectivity index (χ0v) is 19.9. The maximum absolute atomic E-state index is 12.8. The summed E-state index contributed by atoms with van der Waals surface area (Å²) >= 11 is 0. The highest BCUT2D eigenvalue weighted by molar-refractivity contribution is 5.93. The molecule has 1 saturated carbocycles. The van der Waals surface area contributed by atoms with Crippen LogP contribution in [0.1, 0.15) is 51.9 Å². The van der Waals surface area contributed by atoms with Gasteiger partial charge in [0.05, 0.1) is 13.7 Å². The average molecular weight is 475 g/mol. The molecule has 0 atom stereocenters. The topological polar surface area (TPSA) is 81.1 Å². The monoisotopic (exact) mass is 474 g/mol. The van der Waals surface area contributed by atoms with Crippen molar-refractivity contribution >= 4 is 5.91 Å². The molecule has 7 heteroatoms. The van der Waals surface area contributed by atoms with E-state index in [0.29, 0.717) is 42.6 Å². The van der Waals surface area contributed by atoms with Gasteiger partial charge in [0.1, 0.15) is 24.7 Å². The van der Waals surface area contributed by atoms with E-state index < -0.39 is 0 Å². The maximum atomic E-state index is 12.8. The number of hydrogen-bond acceptors (Lipinski definition) is 6. The summed E-state index contributed by atoms with van der Waals surface area (Å²) in [6.45, 7) is 1.80. The van der Waals surface area contributed by atoms with Gasteiger partial charge < -0.3 is 24.2 Å². The normalized spacial score (nSPS) is 15.4. The Labute approximate surface area is 205 Å². The van der Waals surface area contributed by atoms with Gasteiger partial charge in [0.2, 0.25) is 0 Å². The minimum Gasteiger partial charge on any atom is -0.493 e. The third-order valence-corrected chi connectivity index (χ3v) is 6.56. The van der Waals surface area contributed by atoms with Crippen LogP contribution in [-0.4, -0.2) is 54.3 Å². The molecule has 1 saturated heterocycles. The van der Waals surface area contributed by atoms with E-state index in [1.165, 1.54) is 18.4 Å². The summed E-state index contributed by atoms with van der Waals surface area (Å²) < 4.78 is 17.0. The van der Waals surface area contributed by atoms with E-state index in [9.17, 15) is 4.79 Å². The van der Waals surface area contributed by atoms with Crippen molar-refractivity contribution in [1.82, 2.24) is 9.88 Å². The van der Waals surface area contributed by atoms with Gasteiger partial charge in [-0.25, -0.2) is 0 Å². The third-order valence-electron chi connectivity index (χ3n) is 6.56. The van der Waals surface area contributed by atoms with Crippen LogP contribution >= 0.6 is 0 Å². The molecule has 35 heavy (non-hydrogen) atoms. The summed E-state index contributed by atoms with van der Waals surface area (Å²) in [5, 5.41) is 8.91. The second-order valence-electron chi connectivity index (χ2n) is 9.07. The van der Waals surface area contributed by atoms with Crippen LogP contribution in [0.2, 0.25) is 0 Å². The first-order valence-electron chi connectivity index (χ1n) is 12.0. The molecule has 1 aromatic heterocycles. The van der Waals surface area contributed by atoms with Gasteiger partial charge in [-0.2, -0.15) is 0 Å². The number of aliphatic hydroxyl groups is 1. The molecule has 2 aromatic carbocycles. The number of rotatable bonds is 10. The Morgan fingerprint density at radius 1 is 0.971 bits per heavy atom. The van der Waals surface area contributed by atoms with Crippen molar-refractivity contribution in [3.63, 3.8) is 0 Å². The van der Waals surface area contributed by atoms with Crippen molar-refractivity contribution in [3.8, 4) is 17.2 Å². The predicted octanol–water partition coefficient (Wildman–Crippen LogP) is 4.16. The molecule has 2 aliphatic rings. The Morgan fingerprint density at radius 3 is 2.46 bits per heavy atom. The number of methoxy groups -OCH3 is 1. The van der Waals surface area contributed by atoms with E-state index in [1.807, 2.05) is 18.2 Å². The Balaban J connectivity index is 1.17. The SMILES string of the molecule is COc1cc(C2CN(C(=O)c3cc(OCCO)ccn3)C2)ccc1OCc1ccc(C2CC2)cc1. The van der Waals surface area contributed by atoms with Crippen LogP contribution in [0.4, 0.5) is 0 Å². The Hall–Kier alpha value is -3.58. The third kappa shape index (κ3) is 5.41. The molecule has 7 nitrogen and oxygen atoms in total. The molecule has 1 N–H and O–H groups in total. The number of carbonyl (C=O) groups excluding carboxylic acids is 1.